The molecule has 0 spiro atoms. The zero-order valence-electron chi connectivity index (χ0n) is 5.72. The summed E-state index contributed by atoms with van der Waals surface area (Å²) in [5.74, 6) is 0. The van der Waals surface area contributed by atoms with Crippen molar-refractivity contribution in [3.63, 3.8) is 0 Å². The van der Waals surface area contributed by atoms with Crippen LogP contribution in [0.4, 0.5) is 0 Å². The lowest BCUT2D eigenvalue weighted by molar-refractivity contribution is 0.624. The Morgan fingerprint density at radius 1 is 1.11 bits per heavy atom. The summed E-state index contributed by atoms with van der Waals surface area (Å²) >= 11 is 0. The second-order valence-electron chi connectivity index (χ2n) is 1.75. The Morgan fingerprint density at radius 2 is 1.44 bits per heavy atom. The van der Waals surface area contributed by atoms with Gasteiger partial charge in [-0.05, 0) is 13.1 Å². The molecule has 0 rings (SSSR count). The van der Waals surface area contributed by atoms with Gasteiger partial charge in [-0.3, -0.25) is 0 Å². The van der Waals surface area contributed by atoms with Crippen molar-refractivity contribution in [3.05, 3.63) is 0 Å². The second-order valence-corrected chi connectivity index (χ2v) is 6.08. The van der Waals surface area contributed by atoms with E-state index >= 15 is 0 Å². The molecule has 48 valence electrons. The van der Waals surface area contributed by atoms with Crippen LogP contribution in [0.1, 0.15) is 0 Å². The minimum atomic E-state index is -1.31. The Labute approximate surface area is 59.9 Å². The highest BCUT2D eigenvalue weighted by Gasteiger charge is 2.04. The van der Waals surface area contributed by atoms with Gasteiger partial charge >= 0.3 is 0 Å². The van der Waals surface area contributed by atoms with Gasteiger partial charge in [0.2, 0.25) is 18.1 Å². The molecule has 9 heavy (non-hydrogen) atoms. The molecule has 0 saturated heterocycles. The van der Waals surface area contributed by atoms with Crippen molar-refractivity contribution >= 4 is 18.1 Å². The molecule has 1 nitrogen and oxygen atoms in total. The van der Waals surface area contributed by atoms with Crippen molar-refractivity contribution in [2.24, 2.45) is 0 Å². The van der Waals surface area contributed by atoms with Crippen molar-refractivity contribution in [1.29, 1.82) is 0 Å². The molecule has 0 amide bonds. The van der Waals surface area contributed by atoms with E-state index in [2.05, 4.69) is 11.1 Å². The van der Waals surface area contributed by atoms with Gasteiger partial charge < -0.3 is 4.12 Å². The summed E-state index contributed by atoms with van der Waals surface area (Å²) < 4.78 is 5.35. The summed E-state index contributed by atoms with van der Waals surface area (Å²) in [5, 5.41) is 0. The lowest BCUT2D eigenvalue weighted by atomic mass is 11.4. The van der Waals surface area contributed by atoms with Crippen molar-refractivity contribution in [1.82, 2.24) is 0 Å². The molecular formula is C6H10OSi2. The van der Waals surface area contributed by atoms with Crippen molar-refractivity contribution in [3.8, 4) is 23.9 Å². The normalized spacial score (nSPS) is 15.1. The minimum Gasteiger partial charge on any atom is -0.442 e. The SMILES string of the molecule is C#C[SiH](C)O[SiH](C)C#C. The summed E-state index contributed by atoms with van der Waals surface area (Å²) in [5.41, 5.74) is 5.17. The lowest BCUT2D eigenvalue weighted by Gasteiger charge is -2.05. The maximum atomic E-state index is 5.35. The Morgan fingerprint density at radius 3 is 1.67 bits per heavy atom. The Bertz CT molecular complexity index is 135. The van der Waals surface area contributed by atoms with E-state index in [1.165, 1.54) is 0 Å². The van der Waals surface area contributed by atoms with Crippen LogP contribution in [-0.2, 0) is 4.12 Å². The fourth-order valence-corrected chi connectivity index (χ4v) is 3.46. The van der Waals surface area contributed by atoms with Crippen LogP contribution in [0.3, 0.4) is 0 Å². The molecular weight excluding hydrogens is 144 g/mol. The maximum absolute atomic E-state index is 5.35. The molecule has 0 N–H and O–H groups in total. The van der Waals surface area contributed by atoms with Crippen molar-refractivity contribution in [2.45, 2.75) is 13.1 Å². The van der Waals surface area contributed by atoms with E-state index in [1.54, 1.807) is 0 Å². The van der Waals surface area contributed by atoms with Crippen LogP contribution >= 0.6 is 0 Å². The first kappa shape index (κ1) is 8.51. The van der Waals surface area contributed by atoms with Crippen molar-refractivity contribution < 1.29 is 4.12 Å². The number of hydrogen-bond donors (Lipinski definition) is 0. The molecule has 0 heterocycles. The summed E-state index contributed by atoms with van der Waals surface area (Å²) in [6.45, 7) is 3.92. The molecule has 0 aromatic heterocycles. The van der Waals surface area contributed by atoms with Crippen LogP contribution in [0.5, 0.6) is 0 Å². The van der Waals surface area contributed by atoms with Gasteiger partial charge in [-0.2, -0.15) is 0 Å². The van der Waals surface area contributed by atoms with Gasteiger partial charge in [-0.25, -0.2) is 0 Å². The van der Waals surface area contributed by atoms with E-state index in [0.717, 1.165) is 0 Å². The first-order valence-electron chi connectivity index (χ1n) is 2.78. The van der Waals surface area contributed by atoms with Crippen molar-refractivity contribution in [2.75, 3.05) is 0 Å². The highest BCUT2D eigenvalue weighted by molar-refractivity contribution is 6.73. The molecule has 0 aliphatic heterocycles. The van der Waals surface area contributed by atoms with Gasteiger partial charge in [0.1, 0.15) is 0 Å². The first-order valence-corrected chi connectivity index (χ1v) is 7.19. The number of rotatable bonds is 2. The standard InChI is InChI=1S/C6H10OSi2/c1-5-8(3)7-9(4)6-2/h1-2,8-9H,3-4H3. The molecule has 3 heteroatoms. The monoisotopic (exact) mass is 154 g/mol. The molecule has 0 aliphatic carbocycles. The molecule has 0 saturated carbocycles. The van der Waals surface area contributed by atoms with Crippen LogP contribution in [0.15, 0.2) is 0 Å². The topological polar surface area (TPSA) is 9.23 Å². The number of terminal acetylenes is 2. The second kappa shape index (κ2) is 4.40. The quantitative estimate of drug-likeness (QED) is 0.403. The lowest BCUT2D eigenvalue weighted by Crippen LogP contribution is -2.21. The average Bonchev–Trinajstić information content (AvgIpc) is 1.87. The highest BCUT2D eigenvalue weighted by atomic mass is 28.4. The summed E-state index contributed by atoms with van der Waals surface area (Å²) in [7, 11) is -2.62. The molecule has 0 bridgehead atoms. The molecule has 0 aromatic rings. The van der Waals surface area contributed by atoms with Crippen LogP contribution in [0, 0.1) is 23.9 Å². The minimum absolute atomic E-state index is 1.31. The zero-order valence-corrected chi connectivity index (χ0v) is 8.03. The van der Waals surface area contributed by atoms with Crippen LogP contribution < -0.4 is 0 Å². The van der Waals surface area contributed by atoms with E-state index in [-0.39, 0.29) is 0 Å². The molecule has 0 fully saturated rings. The maximum Gasteiger partial charge on any atom is 0.242 e. The molecule has 2 unspecified atom stereocenters. The number of hydrogen-bond acceptors (Lipinski definition) is 1. The van der Waals surface area contributed by atoms with Gasteiger partial charge in [0.25, 0.3) is 0 Å². The summed E-state index contributed by atoms with van der Waals surface area (Å²) in [6.07, 6.45) is 10.2. The van der Waals surface area contributed by atoms with Gasteiger partial charge in [0, 0.05) is 0 Å². The Kier molecular flexibility index (Phi) is 4.16. The van der Waals surface area contributed by atoms with E-state index in [1.807, 2.05) is 13.1 Å². The van der Waals surface area contributed by atoms with E-state index in [9.17, 15) is 0 Å². The van der Waals surface area contributed by atoms with E-state index in [4.69, 9.17) is 17.0 Å². The molecule has 2 atom stereocenters. The third kappa shape index (κ3) is 4.05. The summed E-state index contributed by atoms with van der Waals surface area (Å²) in [6, 6.07) is 0. The predicted molar refractivity (Wildman–Crippen MR) is 44.8 cm³/mol. The third-order valence-electron chi connectivity index (χ3n) is 0.878. The molecule has 0 aromatic carbocycles. The fraction of sp³-hybridized carbons (Fsp3) is 0.333. The Balaban J connectivity index is 3.53. The predicted octanol–water partition coefficient (Wildman–Crippen LogP) is 0.0550. The zero-order chi connectivity index (χ0) is 7.28. The van der Waals surface area contributed by atoms with Crippen LogP contribution in [0.25, 0.3) is 0 Å². The largest absolute Gasteiger partial charge is 0.442 e. The highest BCUT2D eigenvalue weighted by Crippen LogP contribution is 1.86. The molecule has 0 aliphatic rings. The third-order valence-corrected chi connectivity index (χ3v) is 5.08. The van der Waals surface area contributed by atoms with E-state index < -0.39 is 18.1 Å². The summed E-state index contributed by atoms with van der Waals surface area (Å²) in [4.78, 5) is 0. The van der Waals surface area contributed by atoms with E-state index in [0.29, 0.717) is 0 Å². The smallest absolute Gasteiger partial charge is 0.242 e. The first-order chi connectivity index (χ1) is 4.20. The molecule has 0 radical (unpaired) electrons. The van der Waals surface area contributed by atoms with Crippen LogP contribution in [-0.4, -0.2) is 18.1 Å². The average molecular weight is 154 g/mol. The van der Waals surface area contributed by atoms with Gasteiger partial charge in [0.15, 0.2) is 0 Å². The van der Waals surface area contributed by atoms with Gasteiger partial charge in [-0.15, -0.1) is 23.9 Å². The van der Waals surface area contributed by atoms with Gasteiger partial charge in [-0.1, -0.05) is 0 Å². The van der Waals surface area contributed by atoms with Crippen LogP contribution in [0.2, 0.25) is 13.1 Å². The fourth-order valence-electron chi connectivity index (χ4n) is 0.385. The van der Waals surface area contributed by atoms with Gasteiger partial charge in [0.05, 0.1) is 0 Å². The Hall–Kier alpha value is -0.486.